The fourth-order valence-electron chi connectivity index (χ4n) is 3.10. The lowest BCUT2D eigenvalue weighted by Gasteiger charge is -2.22. The summed E-state index contributed by atoms with van der Waals surface area (Å²) in [5.74, 6) is 2.22. The number of fused-ring (bicyclic) bond motifs is 1. The van der Waals surface area contributed by atoms with Crippen molar-refractivity contribution in [1.82, 2.24) is 5.32 Å². The molecular weight excluding hydrogens is 254 g/mol. The Kier molecular flexibility index (Phi) is 4.13. The van der Waals surface area contributed by atoms with Gasteiger partial charge in [-0.05, 0) is 36.5 Å². The number of benzene rings is 1. The number of nitrogens with one attached hydrogen (secondary N) is 1. The van der Waals surface area contributed by atoms with Crippen molar-refractivity contribution in [3.63, 3.8) is 0 Å². The first-order chi connectivity index (χ1) is 9.74. The third-order valence-electron chi connectivity index (χ3n) is 4.39. The van der Waals surface area contributed by atoms with E-state index in [1.165, 1.54) is 19.3 Å². The van der Waals surface area contributed by atoms with Crippen LogP contribution in [-0.4, -0.2) is 30.9 Å². The van der Waals surface area contributed by atoms with Gasteiger partial charge in [0.15, 0.2) is 11.5 Å². The van der Waals surface area contributed by atoms with Crippen LogP contribution in [0, 0.1) is 5.92 Å². The predicted octanol–water partition coefficient (Wildman–Crippen LogP) is 2.27. The van der Waals surface area contributed by atoms with Gasteiger partial charge in [-0.3, -0.25) is 0 Å². The van der Waals surface area contributed by atoms with E-state index in [0.717, 1.165) is 17.1 Å². The highest BCUT2D eigenvalue weighted by Gasteiger charge is 2.24. The monoisotopic (exact) mass is 277 g/mol. The molecule has 0 bridgehead atoms. The first-order valence-electron chi connectivity index (χ1n) is 7.55. The van der Waals surface area contributed by atoms with Crippen LogP contribution in [0.3, 0.4) is 0 Å². The molecule has 0 spiro atoms. The number of aliphatic hydroxyl groups excluding tert-OH is 1. The molecule has 1 aliphatic heterocycles. The molecule has 110 valence electrons. The molecule has 1 fully saturated rings. The van der Waals surface area contributed by atoms with Crippen molar-refractivity contribution < 1.29 is 14.6 Å². The van der Waals surface area contributed by atoms with E-state index in [4.69, 9.17) is 9.47 Å². The molecule has 20 heavy (non-hydrogen) atoms. The highest BCUT2D eigenvalue weighted by Crippen LogP contribution is 2.32. The summed E-state index contributed by atoms with van der Waals surface area (Å²) in [4.78, 5) is 0. The Morgan fingerprint density at radius 3 is 2.80 bits per heavy atom. The summed E-state index contributed by atoms with van der Waals surface area (Å²) in [5.41, 5.74) is 0.882. The Labute approximate surface area is 120 Å². The van der Waals surface area contributed by atoms with Crippen molar-refractivity contribution in [2.75, 3.05) is 19.8 Å². The van der Waals surface area contributed by atoms with Gasteiger partial charge in [-0.1, -0.05) is 19.4 Å². The number of aliphatic hydroxyl groups is 1. The summed E-state index contributed by atoms with van der Waals surface area (Å²) in [5, 5.41) is 13.8. The molecule has 0 saturated heterocycles. The second-order valence-corrected chi connectivity index (χ2v) is 5.84. The second kappa shape index (κ2) is 6.02. The maximum atomic E-state index is 10.3. The number of rotatable bonds is 4. The van der Waals surface area contributed by atoms with Crippen LogP contribution >= 0.6 is 0 Å². The normalized spacial score (nSPS) is 26.5. The highest BCUT2D eigenvalue weighted by molar-refractivity contribution is 5.44. The van der Waals surface area contributed by atoms with Gasteiger partial charge in [0, 0.05) is 12.6 Å². The van der Waals surface area contributed by atoms with Gasteiger partial charge >= 0.3 is 0 Å². The van der Waals surface area contributed by atoms with Gasteiger partial charge < -0.3 is 19.9 Å². The SMILES string of the molecule is CC1CCCC1NCC(O)c1ccc2c(c1)OCCO2. The minimum Gasteiger partial charge on any atom is -0.486 e. The average Bonchev–Trinajstić information content (AvgIpc) is 2.89. The minimum atomic E-state index is -0.501. The van der Waals surface area contributed by atoms with E-state index in [1.54, 1.807) is 0 Å². The fourth-order valence-corrected chi connectivity index (χ4v) is 3.10. The van der Waals surface area contributed by atoms with Gasteiger partial charge in [0.2, 0.25) is 0 Å². The molecule has 1 aromatic rings. The van der Waals surface area contributed by atoms with E-state index in [1.807, 2.05) is 18.2 Å². The zero-order chi connectivity index (χ0) is 13.9. The third-order valence-corrected chi connectivity index (χ3v) is 4.39. The number of hydrogen-bond acceptors (Lipinski definition) is 4. The van der Waals surface area contributed by atoms with E-state index in [0.29, 0.717) is 31.7 Å². The number of ether oxygens (including phenoxy) is 2. The summed E-state index contributed by atoms with van der Waals surface area (Å²) in [6, 6.07) is 6.23. The van der Waals surface area contributed by atoms with Crippen molar-refractivity contribution in [2.24, 2.45) is 5.92 Å². The summed E-state index contributed by atoms with van der Waals surface area (Å²) in [6.45, 7) is 4.04. The molecule has 0 amide bonds. The minimum absolute atomic E-state index is 0.501. The van der Waals surface area contributed by atoms with Crippen LogP contribution < -0.4 is 14.8 Å². The summed E-state index contributed by atoms with van der Waals surface area (Å²) >= 11 is 0. The Balaban J connectivity index is 1.60. The molecule has 4 heteroatoms. The molecule has 2 N–H and O–H groups in total. The van der Waals surface area contributed by atoms with E-state index in [9.17, 15) is 5.11 Å². The largest absolute Gasteiger partial charge is 0.486 e. The molecule has 0 aromatic heterocycles. The quantitative estimate of drug-likeness (QED) is 0.886. The lowest BCUT2D eigenvalue weighted by molar-refractivity contribution is 0.159. The van der Waals surface area contributed by atoms with Crippen molar-refractivity contribution in [2.45, 2.75) is 38.3 Å². The Bertz CT molecular complexity index is 463. The first-order valence-corrected chi connectivity index (χ1v) is 7.55. The van der Waals surface area contributed by atoms with E-state index in [-0.39, 0.29) is 0 Å². The second-order valence-electron chi connectivity index (χ2n) is 5.84. The molecule has 1 heterocycles. The molecule has 3 unspecified atom stereocenters. The van der Waals surface area contributed by atoms with Crippen LogP contribution in [0.2, 0.25) is 0 Å². The summed E-state index contributed by atoms with van der Waals surface area (Å²) in [7, 11) is 0. The number of hydrogen-bond donors (Lipinski definition) is 2. The van der Waals surface area contributed by atoms with Crippen molar-refractivity contribution in [3.05, 3.63) is 23.8 Å². The van der Waals surface area contributed by atoms with Crippen LogP contribution in [0.1, 0.15) is 37.9 Å². The molecular formula is C16H23NO3. The molecule has 3 rings (SSSR count). The first kappa shape index (κ1) is 13.7. The Morgan fingerprint density at radius 1 is 1.25 bits per heavy atom. The van der Waals surface area contributed by atoms with Crippen molar-refractivity contribution >= 4 is 0 Å². The Hall–Kier alpha value is -1.26. The smallest absolute Gasteiger partial charge is 0.161 e. The van der Waals surface area contributed by atoms with Crippen molar-refractivity contribution in [1.29, 1.82) is 0 Å². The fraction of sp³-hybridized carbons (Fsp3) is 0.625. The standard InChI is InChI=1S/C16H23NO3/c1-11-3-2-4-13(11)17-10-14(18)12-5-6-15-16(9-12)20-8-7-19-15/h5-6,9,11,13-14,17-18H,2-4,7-8,10H2,1H3. The molecule has 2 aliphatic rings. The Morgan fingerprint density at radius 2 is 2.05 bits per heavy atom. The lowest BCUT2D eigenvalue weighted by Crippen LogP contribution is -2.34. The van der Waals surface area contributed by atoms with E-state index < -0.39 is 6.10 Å². The predicted molar refractivity (Wildman–Crippen MR) is 77.2 cm³/mol. The molecule has 1 aliphatic carbocycles. The summed E-state index contributed by atoms with van der Waals surface area (Å²) in [6.07, 6.45) is 3.30. The van der Waals surface area contributed by atoms with Crippen LogP contribution in [0.4, 0.5) is 0 Å². The topological polar surface area (TPSA) is 50.7 Å². The van der Waals surface area contributed by atoms with Gasteiger partial charge in [-0.15, -0.1) is 0 Å². The maximum Gasteiger partial charge on any atom is 0.161 e. The highest BCUT2D eigenvalue weighted by atomic mass is 16.6. The molecule has 1 aromatic carbocycles. The van der Waals surface area contributed by atoms with Crippen LogP contribution in [0.5, 0.6) is 11.5 Å². The van der Waals surface area contributed by atoms with Crippen LogP contribution in [0.15, 0.2) is 18.2 Å². The summed E-state index contributed by atoms with van der Waals surface area (Å²) < 4.78 is 11.0. The van der Waals surface area contributed by atoms with E-state index in [2.05, 4.69) is 12.2 Å². The molecule has 3 atom stereocenters. The van der Waals surface area contributed by atoms with Crippen LogP contribution in [0.25, 0.3) is 0 Å². The van der Waals surface area contributed by atoms with Crippen LogP contribution in [-0.2, 0) is 0 Å². The van der Waals surface area contributed by atoms with Gasteiger partial charge in [0.05, 0.1) is 6.10 Å². The molecule has 4 nitrogen and oxygen atoms in total. The average molecular weight is 277 g/mol. The van der Waals surface area contributed by atoms with E-state index >= 15 is 0 Å². The van der Waals surface area contributed by atoms with Gasteiger partial charge in [-0.2, -0.15) is 0 Å². The zero-order valence-corrected chi connectivity index (χ0v) is 12.0. The third kappa shape index (κ3) is 2.91. The van der Waals surface area contributed by atoms with Gasteiger partial charge in [-0.25, -0.2) is 0 Å². The maximum absolute atomic E-state index is 10.3. The van der Waals surface area contributed by atoms with Gasteiger partial charge in [0.25, 0.3) is 0 Å². The zero-order valence-electron chi connectivity index (χ0n) is 12.0. The molecule has 1 saturated carbocycles. The van der Waals surface area contributed by atoms with Crippen molar-refractivity contribution in [3.8, 4) is 11.5 Å². The molecule has 0 radical (unpaired) electrons. The van der Waals surface area contributed by atoms with Gasteiger partial charge in [0.1, 0.15) is 13.2 Å². The lowest BCUT2D eigenvalue weighted by atomic mass is 10.0.